The van der Waals surface area contributed by atoms with E-state index in [1.807, 2.05) is 17.0 Å². The number of urea groups is 1. The molecule has 27 heavy (non-hydrogen) atoms. The van der Waals surface area contributed by atoms with E-state index in [0.717, 1.165) is 18.7 Å². The van der Waals surface area contributed by atoms with Gasteiger partial charge in [0, 0.05) is 58.0 Å². The maximum atomic E-state index is 12.6. The van der Waals surface area contributed by atoms with Gasteiger partial charge >= 0.3 is 6.03 Å². The molecule has 2 rings (SSSR count). The van der Waals surface area contributed by atoms with Crippen LogP contribution in [0.2, 0.25) is 0 Å². The average molecular weight is 377 g/mol. The lowest BCUT2D eigenvalue weighted by atomic mass is 10.1. The van der Waals surface area contributed by atoms with E-state index < -0.39 is 0 Å². The highest BCUT2D eigenvalue weighted by molar-refractivity contribution is 5.94. The Hall–Kier alpha value is -2.12. The fraction of sp³-hybridized carbons (Fsp3) is 0.600. The van der Waals surface area contributed by atoms with Crippen LogP contribution in [0.15, 0.2) is 24.3 Å². The molecule has 0 aliphatic carbocycles. The highest BCUT2D eigenvalue weighted by atomic mass is 16.3. The van der Waals surface area contributed by atoms with Gasteiger partial charge in [-0.3, -0.25) is 9.69 Å². The van der Waals surface area contributed by atoms with Gasteiger partial charge in [0.2, 0.25) is 0 Å². The van der Waals surface area contributed by atoms with Crippen molar-refractivity contribution in [2.45, 2.75) is 32.9 Å². The van der Waals surface area contributed by atoms with Gasteiger partial charge in [0.25, 0.3) is 5.91 Å². The molecular weight excluding hydrogens is 344 g/mol. The highest BCUT2D eigenvalue weighted by Crippen LogP contribution is 2.15. The largest absolute Gasteiger partial charge is 0.396 e. The first-order chi connectivity index (χ1) is 12.9. The van der Waals surface area contributed by atoms with E-state index in [1.165, 1.54) is 0 Å². The quantitative estimate of drug-likeness (QED) is 0.669. The van der Waals surface area contributed by atoms with E-state index in [9.17, 15) is 14.7 Å². The third-order valence-electron chi connectivity index (χ3n) is 4.81. The van der Waals surface area contributed by atoms with Crippen LogP contribution in [0.1, 0.15) is 36.2 Å². The van der Waals surface area contributed by atoms with Gasteiger partial charge in [0.05, 0.1) is 0 Å². The molecule has 0 radical (unpaired) electrons. The van der Waals surface area contributed by atoms with E-state index in [2.05, 4.69) is 29.4 Å². The molecule has 0 saturated carbocycles. The fourth-order valence-corrected chi connectivity index (χ4v) is 3.47. The van der Waals surface area contributed by atoms with Crippen LogP contribution in [0.4, 0.5) is 4.79 Å². The summed E-state index contributed by atoms with van der Waals surface area (Å²) in [5.41, 5.74) is 1.46. The van der Waals surface area contributed by atoms with Crippen LogP contribution in [0.5, 0.6) is 0 Å². The Labute approximate surface area is 161 Å². The van der Waals surface area contributed by atoms with Crippen LogP contribution >= 0.6 is 0 Å². The minimum Gasteiger partial charge on any atom is -0.396 e. The summed E-state index contributed by atoms with van der Waals surface area (Å²) in [5.74, 6) is 0.412. The first-order valence-corrected chi connectivity index (χ1v) is 9.63. The molecule has 1 saturated heterocycles. The van der Waals surface area contributed by atoms with Crippen molar-refractivity contribution in [3.8, 4) is 0 Å². The summed E-state index contributed by atoms with van der Waals surface area (Å²) in [7, 11) is 1.60. The summed E-state index contributed by atoms with van der Waals surface area (Å²) in [6, 6.07) is 7.32. The number of aliphatic hydroxyl groups is 1. The number of rotatable bonds is 7. The number of hydrogen-bond acceptors (Lipinski definition) is 4. The summed E-state index contributed by atoms with van der Waals surface area (Å²) in [6.45, 7) is 7.97. The van der Waals surface area contributed by atoms with E-state index in [4.69, 9.17) is 0 Å². The normalized spacial score (nSPS) is 17.8. The van der Waals surface area contributed by atoms with Crippen molar-refractivity contribution in [2.24, 2.45) is 5.92 Å². The molecule has 1 fully saturated rings. The van der Waals surface area contributed by atoms with Crippen LogP contribution in [0.25, 0.3) is 0 Å². The molecule has 150 valence electrons. The van der Waals surface area contributed by atoms with Gasteiger partial charge in [-0.25, -0.2) is 4.79 Å². The Morgan fingerprint density at radius 2 is 2.07 bits per heavy atom. The van der Waals surface area contributed by atoms with Crippen molar-refractivity contribution in [3.63, 3.8) is 0 Å². The minimum atomic E-state index is -0.142. The highest BCUT2D eigenvalue weighted by Gasteiger charge is 2.29. The Morgan fingerprint density at radius 3 is 2.74 bits per heavy atom. The van der Waals surface area contributed by atoms with Crippen molar-refractivity contribution in [1.29, 1.82) is 0 Å². The topological polar surface area (TPSA) is 84.9 Å². The van der Waals surface area contributed by atoms with Crippen molar-refractivity contribution >= 4 is 11.9 Å². The van der Waals surface area contributed by atoms with Crippen molar-refractivity contribution in [3.05, 3.63) is 35.4 Å². The number of benzene rings is 1. The van der Waals surface area contributed by atoms with Crippen molar-refractivity contribution < 1.29 is 14.7 Å². The predicted molar refractivity (Wildman–Crippen MR) is 106 cm³/mol. The molecule has 7 nitrogen and oxygen atoms in total. The summed E-state index contributed by atoms with van der Waals surface area (Å²) in [6.07, 6.45) is 0.671. The van der Waals surface area contributed by atoms with Gasteiger partial charge in [-0.05, 0) is 30.0 Å². The van der Waals surface area contributed by atoms with Crippen LogP contribution in [0, 0.1) is 5.92 Å². The van der Waals surface area contributed by atoms with Gasteiger partial charge in [0.15, 0.2) is 0 Å². The molecule has 0 bridgehead atoms. The monoisotopic (exact) mass is 376 g/mol. The Balaban J connectivity index is 1.91. The van der Waals surface area contributed by atoms with Crippen LogP contribution in [-0.2, 0) is 6.54 Å². The van der Waals surface area contributed by atoms with Gasteiger partial charge in [0.1, 0.15) is 0 Å². The fourth-order valence-electron chi connectivity index (χ4n) is 3.47. The number of carbonyl (C=O) groups excluding carboxylic acids is 2. The zero-order valence-corrected chi connectivity index (χ0v) is 16.6. The number of nitrogens with zero attached hydrogens (tertiary/aromatic N) is 2. The first kappa shape index (κ1) is 21.2. The zero-order chi connectivity index (χ0) is 19.8. The standard InChI is InChI=1S/C20H32N4O3/c1-15(2)13-23-8-9-24(14-18(23)7-10-25)20(27)22-12-16-5-4-6-17(11-16)19(26)21-3/h4-6,11,15,18,25H,7-10,12-14H2,1-3H3,(H,21,26)(H,22,27)/t18-/m1/s1. The summed E-state index contributed by atoms with van der Waals surface area (Å²) in [4.78, 5) is 28.5. The molecule has 1 heterocycles. The molecule has 3 amide bonds. The molecular formula is C20H32N4O3. The smallest absolute Gasteiger partial charge is 0.317 e. The van der Waals surface area contributed by atoms with Crippen LogP contribution in [0.3, 0.4) is 0 Å². The summed E-state index contributed by atoms with van der Waals surface area (Å²) < 4.78 is 0. The summed E-state index contributed by atoms with van der Waals surface area (Å²) >= 11 is 0. The maximum Gasteiger partial charge on any atom is 0.317 e. The predicted octanol–water partition coefficient (Wildman–Crippen LogP) is 1.28. The van der Waals surface area contributed by atoms with Crippen molar-refractivity contribution in [1.82, 2.24) is 20.4 Å². The minimum absolute atomic E-state index is 0.104. The number of carbonyl (C=O) groups is 2. The summed E-state index contributed by atoms with van der Waals surface area (Å²) in [5, 5.41) is 14.9. The molecule has 1 aliphatic heterocycles. The van der Waals surface area contributed by atoms with Crippen molar-refractivity contribution in [2.75, 3.05) is 39.8 Å². The third kappa shape index (κ3) is 6.22. The molecule has 0 aromatic heterocycles. The maximum absolute atomic E-state index is 12.6. The second-order valence-corrected chi connectivity index (χ2v) is 7.44. The van der Waals surface area contributed by atoms with E-state index in [-0.39, 0.29) is 24.6 Å². The molecule has 0 unspecified atom stereocenters. The van der Waals surface area contributed by atoms with Gasteiger partial charge in [-0.2, -0.15) is 0 Å². The van der Waals surface area contributed by atoms with E-state index in [1.54, 1.807) is 19.2 Å². The lowest BCUT2D eigenvalue weighted by molar-refractivity contribution is 0.0654. The SMILES string of the molecule is CNC(=O)c1cccc(CNC(=O)N2CCN(CC(C)C)[C@H](CCO)C2)c1. The molecule has 7 heteroatoms. The lowest BCUT2D eigenvalue weighted by Gasteiger charge is -2.42. The number of aliphatic hydroxyl groups excluding tert-OH is 1. The first-order valence-electron chi connectivity index (χ1n) is 9.63. The molecule has 1 aromatic rings. The number of amides is 3. The number of piperazine rings is 1. The third-order valence-corrected chi connectivity index (χ3v) is 4.81. The molecule has 3 N–H and O–H groups in total. The second kappa shape index (κ2) is 10.3. The molecule has 0 spiro atoms. The number of hydrogen-bond donors (Lipinski definition) is 3. The molecule has 1 aliphatic rings. The van der Waals surface area contributed by atoms with Crippen LogP contribution in [-0.4, -0.2) is 72.7 Å². The Kier molecular flexibility index (Phi) is 8.06. The number of nitrogens with one attached hydrogen (secondary N) is 2. The van der Waals surface area contributed by atoms with Crippen LogP contribution < -0.4 is 10.6 Å². The molecule has 1 atom stereocenters. The Morgan fingerprint density at radius 1 is 1.30 bits per heavy atom. The van der Waals surface area contributed by atoms with Gasteiger partial charge < -0.3 is 20.6 Å². The van der Waals surface area contributed by atoms with E-state index in [0.29, 0.717) is 37.5 Å². The lowest BCUT2D eigenvalue weighted by Crippen LogP contribution is -2.57. The Bertz CT molecular complexity index is 635. The van der Waals surface area contributed by atoms with E-state index >= 15 is 0 Å². The van der Waals surface area contributed by atoms with Gasteiger partial charge in [-0.15, -0.1) is 0 Å². The zero-order valence-electron chi connectivity index (χ0n) is 16.6. The second-order valence-electron chi connectivity index (χ2n) is 7.44. The van der Waals surface area contributed by atoms with Gasteiger partial charge in [-0.1, -0.05) is 26.0 Å². The molecule has 1 aromatic carbocycles. The average Bonchev–Trinajstić information content (AvgIpc) is 2.66.